The van der Waals surface area contributed by atoms with Crippen LogP contribution >= 0.6 is 0 Å². The van der Waals surface area contributed by atoms with Crippen LogP contribution in [0.4, 0.5) is 26.3 Å². The molecule has 0 bridgehead atoms. The monoisotopic (exact) mass is 245 g/mol. The van der Waals surface area contributed by atoms with Gasteiger partial charge in [0.1, 0.15) is 11.4 Å². The highest BCUT2D eigenvalue weighted by Crippen LogP contribution is 2.32. The van der Waals surface area contributed by atoms with Gasteiger partial charge in [0.05, 0.1) is 6.61 Å². The summed E-state index contributed by atoms with van der Waals surface area (Å²) in [6.45, 7) is -1.11. The molecule has 0 aliphatic heterocycles. The van der Waals surface area contributed by atoms with E-state index >= 15 is 0 Å². The van der Waals surface area contributed by atoms with E-state index in [2.05, 4.69) is 4.98 Å². The van der Waals surface area contributed by atoms with Crippen molar-refractivity contribution < 1.29 is 31.4 Å². The van der Waals surface area contributed by atoms with Crippen LogP contribution in [0.15, 0.2) is 6.07 Å². The van der Waals surface area contributed by atoms with Gasteiger partial charge in [-0.2, -0.15) is 13.2 Å². The zero-order valence-electron chi connectivity index (χ0n) is 7.52. The van der Waals surface area contributed by atoms with Crippen molar-refractivity contribution in [2.45, 2.75) is 19.2 Å². The summed E-state index contributed by atoms with van der Waals surface area (Å²) >= 11 is 0. The van der Waals surface area contributed by atoms with Crippen LogP contribution in [0.5, 0.6) is 0 Å². The summed E-state index contributed by atoms with van der Waals surface area (Å²) in [6, 6.07) is 0.196. The molecule has 8 heteroatoms. The molecule has 0 unspecified atom stereocenters. The van der Waals surface area contributed by atoms with Crippen molar-refractivity contribution in [1.82, 2.24) is 4.98 Å². The molecule has 1 aromatic rings. The molecule has 0 saturated heterocycles. The van der Waals surface area contributed by atoms with Gasteiger partial charge in [0.15, 0.2) is 5.82 Å². The van der Waals surface area contributed by atoms with Gasteiger partial charge in [0.25, 0.3) is 6.43 Å². The Morgan fingerprint density at radius 1 is 1.31 bits per heavy atom. The predicted octanol–water partition coefficient (Wildman–Crippen LogP) is 2.67. The number of hydrogen-bond donors (Lipinski definition) is 1. The first-order chi connectivity index (χ1) is 7.27. The van der Waals surface area contributed by atoms with Crippen LogP contribution in [0.25, 0.3) is 0 Å². The highest BCUT2D eigenvalue weighted by Gasteiger charge is 2.35. The van der Waals surface area contributed by atoms with Gasteiger partial charge in [-0.1, -0.05) is 0 Å². The maximum absolute atomic E-state index is 13.0. The van der Waals surface area contributed by atoms with Gasteiger partial charge in [-0.3, -0.25) is 0 Å². The zero-order chi connectivity index (χ0) is 12.5. The van der Waals surface area contributed by atoms with E-state index in [0.717, 1.165) is 0 Å². The number of nitrogens with zero attached hydrogens (tertiary/aromatic N) is 1. The predicted molar refractivity (Wildman–Crippen MR) is 40.1 cm³/mol. The zero-order valence-corrected chi connectivity index (χ0v) is 7.52. The van der Waals surface area contributed by atoms with Gasteiger partial charge in [-0.05, 0) is 6.07 Å². The Hall–Kier alpha value is -1.31. The molecular formula is C8H5F6NO. The molecule has 1 N–H and O–H groups in total. The van der Waals surface area contributed by atoms with Crippen molar-refractivity contribution in [3.63, 3.8) is 0 Å². The minimum Gasteiger partial charge on any atom is -0.392 e. The van der Waals surface area contributed by atoms with E-state index in [1.54, 1.807) is 0 Å². The third-order valence-electron chi connectivity index (χ3n) is 1.73. The molecule has 1 heterocycles. The highest BCUT2D eigenvalue weighted by atomic mass is 19.4. The van der Waals surface area contributed by atoms with E-state index in [-0.39, 0.29) is 6.07 Å². The fourth-order valence-electron chi connectivity index (χ4n) is 1.01. The van der Waals surface area contributed by atoms with Crippen LogP contribution < -0.4 is 0 Å². The average Bonchev–Trinajstić information content (AvgIpc) is 2.15. The van der Waals surface area contributed by atoms with E-state index in [0.29, 0.717) is 0 Å². The van der Waals surface area contributed by atoms with Crippen LogP contribution in [-0.4, -0.2) is 10.1 Å². The van der Waals surface area contributed by atoms with E-state index in [4.69, 9.17) is 5.11 Å². The van der Waals surface area contributed by atoms with Gasteiger partial charge >= 0.3 is 6.18 Å². The second-order valence-corrected chi connectivity index (χ2v) is 2.82. The van der Waals surface area contributed by atoms with Gasteiger partial charge in [0.2, 0.25) is 0 Å². The minimum atomic E-state index is -4.97. The van der Waals surface area contributed by atoms with Gasteiger partial charge in [-0.25, -0.2) is 18.2 Å². The lowest BCUT2D eigenvalue weighted by atomic mass is 10.1. The first-order valence-corrected chi connectivity index (χ1v) is 3.93. The van der Waals surface area contributed by atoms with Crippen molar-refractivity contribution in [1.29, 1.82) is 0 Å². The number of pyridine rings is 1. The summed E-state index contributed by atoms with van der Waals surface area (Å²) in [5.74, 6) is -1.62. The fraction of sp³-hybridized carbons (Fsp3) is 0.375. The average molecular weight is 245 g/mol. The molecular weight excluding hydrogens is 240 g/mol. The van der Waals surface area contributed by atoms with Crippen molar-refractivity contribution in [3.05, 3.63) is 28.8 Å². The van der Waals surface area contributed by atoms with Crippen LogP contribution in [0.2, 0.25) is 0 Å². The number of rotatable bonds is 2. The lowest BCUT2D eigenvalue weighted by Gasteiger charge is -2.11. The molecule has 0 aliphatic rings. The molecule has 1 rings (SSSR count). The Kier molecular flexibility index (Phi) is 3.41. The van der Waals surface area contributed by atoms with Crippen LogP contribution in [0, 0.1) is 5.82 Å². The summed E-state index contributed by atoms with van der Waals surface area (Å²) in [5, 5.41) is 8.53. The molecule has 2 nitrogen and oxygen atoms in total. The lowest BCUT2D eigenvalue weighted by Crippen LogP contribution is -2.13. The first-order valence-electron chi connectivity index (χ1n) is 3.93. The largest absolute Gasteiger partial charge is 0.433 e. The van der Waals surface area contributed by atoms with Crippen molar-refractivity contribution in [2.75, 3.05) is 0 Å². The molecule has 0 saturated carbocycles. The number of alkyl halides is 5. The maximum atomic E-state index is 13.0. The molecule has 0 radical (unpaired) electrons. The molecule has 0 atom stereocenters. The fourth-order valence-corrected chi connectivity index (χ4v) is 1.01. The summed E-state index contributed by atoms with van der Waals surface area (Å²) in [5.41, 5.74) is -4.13. The van der Waals surface area contributed by atoms with E-state index in [1.807, 2.05) is 0 Å². The summed E-state index contributed by atoms with van der Waals surface area (Å²) in [4.78, 5) is 2.49. The van der Waals surface area contributed by atoms with Crippen LogP contribution in [0.3, 0.4) is 0 Å². The van der Waals surface area contributed by atoms with Crippen LogP contribution in [0.1, 0.15) is 23.4 Å². The Morgan fingerprint density at radius 2 is 1.88 bits per heavy atom. The minimum absolute atomic E-state index is 0.196. The second-order valence-electron chi connectivity index (χ2n) is 2.82. The number of aliphatic hydroxyl groups is 1. The second kappa shape index (κ2) is 4.28. The van der Waals surface area contributed by atoms with E-state index in [9.17, 15) is 26.3 Å². The van der Waals surface area contributed by atoms with Crippen molar-refractivity contribution in [2.24, 2.45) is 0 Å². The highest BCUT2D eigenvalue weighted by molar-refractivity contribution is 5.25. The molecule has 0 spiro atoms. The Balaban J connectivity index is 3.40. The normalized spacial score (nSPS) is 12.2. The van der Waals surface area contributed by atoms with Crippen molar-refractivity contribution in [3.8, 4) is 0 Å². The topological polar surface area (TPSA) is 33.1 Å². The van der Waals surface area contributed by atoms with Crippen molar-refractivity contribution >= 4 is 0 Å². The molecule has 0 amide bonds. The quantitative estimate of drug-likeness (QED) is 0.812. The maximum Gasteiger partial charge on any atom is 0.433 e. The van der Waals surface area contributed by atoms with Gasteiger partial charge in [0, 0.05) is 5.56 Å². The first kappa shape index (κ1) is 12.8. The number of aromatic nitrogens is 1. The molecule has 90 valence electrons. The number of halogens is 6. The smallest absolute Gasteiger partial charge is 0.392 e. The third kappa shape index (κ3) is 2.43. The molecule has 0 aliphatic carbocycles. The molecule has 1 aromatic heterocycles. The third-order valence-corrected chi connectivity index (χ3v) is 1.73. The summed E-state index contributed by atoms with van der Waals surface area (Å²) in [6.07, 6.45) is -8.45. The van der Waals surface area contributed by atoms with E-state index < -0.39 is 42.0 Å². The number of hydrogen-bond acceptors (Lipinski definition) is 2. The summed E-state index contributed by atoms with van der Waals surface area (Å²) in [7, 11) is 0. The van der Waals surface area contributed by atoms with Gasteiger partial charge < -0.3 is 5.11 Å². The number of aliphatic hydroxyl groups excluding tert-OH is 1. The Bertz CT molecular complexity index is 389. The SMILES string of the molecule is OCc1cc(C(F)(F)F)nc(C(F)F)c1F. The Morgan fingerprint density at radius 3 is 2.25 bits per heavy atom. The standard InChI is InChI=1S/C8H5F6NO/c9-5-3(2-16)1-4(8(12,13)14)15-6(5)7(10)11/h1,7,16H,2H2. The Labute approximate surface area is 85.5 Å². The molecule has 0 fully saturated rings. The lowest BCUT2D eigenvalue weighted by molar-refractivity contribution is -0.141. The molecule has 0 aromatic carbocycles. The molecule has 16 heavy (non-hydrogen) atoms. The van der Waals surface area contributed by atoms with Crippen LogP contribution in [-0.2, 0) is 12.8 Å². The van der Waals surface area contributed by atoms with Gasteiger partial charge in [-0.15, -0.1) is 0 Å². The summed E-state index contributed by atoms with van der Waals surface area (Å²) < 4.78 is 73.8. The van der Waals surface area contributed by atoms with E-state index in [1.165, 1.54) is 0 Å².